The van der Waals surface area contributed by atoms with Gasteiger partial charge in [-0.2, -0.15) is 0 Å². The molecule has 0 fully saturated rings. The number of methoxy groups -OCH3 is 1. The number of rotatable bonds is 6. The lowest BCUT2D eigenvalue weighted by atomic mass is 9.71. The van der Waals surface area contributed by atoms with E-state index in [-0.39, 0.29) is 5.41 Å². The summed E-state index contributed by atoms with van der Waals surface area (Å²) in [6.07, 6.45) is 0. The van der Waals surface area contributed by atoms with Crippen LogP contribution in [0.1, 0.15) is 40.2 Å². The maximum absolute atomic E-state index is 11.3. The maximum Gasteiger partial charge on any atom is 0.118 e. The third-order valence-electron chi connectivity index (χ3n) is 4.16. The molecule has 3 heteroatoms. The van der Waals surface area contributed by atoms with Gasteiger partial charge in [-0.05, 0) is 36.2 Å². The third-order valence-corrected chi connectivity index (χ3v) is 4.16. The molecule has 0 bridgehead atoms. The molecule has 0 saturated heterocycles. The van der Waals surface area contributed by atoms with Crippen molar-refractivity contribution in [3.05, 3.63) is 29.8 Å². The quantitative estimate of drug-likeness (QED) is 0.867. The number of aliphatic hydroxyl groups is 1. The van der Waals surface area contributed by atoms with Crippen molar-refractivity contribution in [1.82, 2.24) is 4.90 Å². The molecule has 1 aromatic rings. The molecule has 1 rings (SSSR count). The Morgan fingerprint density at radius 2 is 1.55 bits per heavy atom. The highest BCUT2D eigenvalue weighted by Gasteiger charge is 2.42. The molecule has 1 unspecified atom stereocenters. The van der Waals surface area contributed by atoms with E-state index in [2.05, 4.69) is 39.5 Å². The first-order valence-corrected chi connectivity index (χ1v) is 7.37. The molecule has 0 radical (unpaired) electrons. The van der Waals surface area contributed by atoms with E-state index in [0.717, 1.165) is 24.4 Å². The molecule has 0 saturated carbocycles. The van der Waals surface area contributed by atoms with Crippen molar-refractivity contribution in [2.75, 3.05) is 26.7 Å². The van der Waals surface area contributed by atoms with E-state index >= 15 is 0 Å². The molecule has 20 heavy (non-hydrogen) atoms. The minimum Gasteiger partial charge on any atom is -0.497 e. The van der Waals surface area contributed by atoms with Gasteiger partial charge in [0.25, 0.3) is 0 Å². The lowest BCUT2D eigenvalue weighted by Crippen LogP contribution is -2.49. The third kappa shape index (κ3) is 3.53. The zero-order chi connectivity index (χ0) is 15.4. The van der Waals surface area contributed by atoms with Gasteiger partial charge in [-0.15, -0.1) is 0 Å². The number of hydrogen-bond donors (Lipinski definition) is 1. The minimum atomic E-state index is -0.884. The average molecular weight is 279 g/mol. The first kappa shape index (κ1) is 17.0. The molecule has 0 aliphatic rings. The fourth-order valence-corrected chi connectivity index (χ4v) is 2.40. The van der Waals surface area contributed by atoms with Crippen molar-refractivity contribution in [3.8, 4) is 5.75 Å². The molecule has 1 atom stereocenters. The molecule has 3 nitrogen and oxygen atoms in total. The van der Waals surface area contributed by atoms with Crippen molar-refractivity contribution in [1.29, 1.82) is 0 Å². The van der Waals surface area contributed by atoms with E-state index in [1.54, 1.807) is 7.11 Å². The van der Waals surface area contributed by atoms with Crippen molar-refractivity contribution >= 4 is 0 Å². The minimum absolute atomic E-state index is 0.246. The Morgan fingerprint density at radius 1 is 1.05 bits per heavy atom. The lowest BCUT2D eigenvalue weighted by molar-refractivity contribution is -0.0857. The normalized spacial score (nSPS) is 15.2. The number of benzene rings is 1. The summed E-state index contributed by atoms with van der Waals surface area (Å²) in [6.45, 7) is 13.0. The monoisotopic (exact) mass is 279 g/mol. The summed E-state index contributed by atoms with van der Waals surface area (Å²) in [6, 6.07) is 7.75. The van der Waals surface area contributed by atoms with Crippen LogP contribution in [0.2, 0.25) is 0 Å². The van der Waals surface area contributed by atoms with Gasteiger partial charge in [0, 0.05) is 6.54 Å². The predicted octanol–water partition coefficient (Wildman–Crippen LogP) is 3.27. The van der Waals surface area contributed by atoms with Gasteiger partial charge < -0.3 is 14.7 Å². The smallest absolute Gasteiger partial charge is 0.118 e. The van der Waals surface area contributed by atoms with Gasteiger partial charge in [0.15, 0.2) is 0 Å². The average Bonchev–Trinajstić information content (AvgIpc) is 2.43. The van der Waals surface area contributed by atoms with Crippen molar-refractivity contribution in [3.63, 3.8) is 0 Å². The fourth-order valence-electron chi connectivity index (χ4n) is 2.40. The van der Waals surface area contributed by atoms with Crippen LogP contribution in [-0.4, -0.2) is 36.8 Å². The molecular formula is C17H29NO2. The molecule has 0 aromatic heterocycles. The van der Waals surface area contributed by atoms with E-state index in [1.165, 1.54) is 0 Å². The Balaban J connectivity index is 3.16. The zero-order valence-electron chi connectivity index (χ0n) is 13.7. The Morgan fingerprint density at radius 3 is 1.90 bits per heavy atom. The molecule has 0 spiro atoms. The molecular weight excluding hydrogens is 250 g/mol. The second-order valence-electron chi connectivity index (χ2n) is 6.30. The van der Waals surface area contributed by atoms with Crippen LogP contribution in [-0.2, 0) is 5.60 Å². The highest BCUT2D eigenvalue weighted by molar-refractivity contribution is 5.32. The predicted molar refractivity (Wildman–Crippen MR) is 84.1 cm³/mol. The maximum atomic E-state index is 11.3. The van der Waals surface area contributed by atoms with Crippen LogP contribution in [0.5, 0.6) is 5.75 Å². The molecule has 1 aromatic carbocycles. The van der Waals surface area contributed by atoms with Gasteiger partial charge in [-0.25, -0.2) is 0 Å². The van der Waals surface area contributed by atoms with Crippen LogP contribution in [0.4, 0.5) is 0 Å². The summed E-state index contributed by atoms with van der Waals surface area (Å²) < 4.78 is 5.20. The lowest BCUT2D eigenvalue weighted by Gasteiger charge is -2.43. The SMILES string of the molecule is CCN(CC)CC(O)(c1ccc(OC)cc1)C(C)(C)C. The summed E-state index contributed by atoms with van der Waals surface area (Å²) in [5, 5.41) is 11.3. The van der Waals surface area contributed by atoms with Crippen LogP contribution in [0.25, 0.3) is 0 Å². The van der Waals surface area contributed by atoms with Crippen LogP contribution in [0, 0.1) is 5.41 Å². The second kappa shape index (κ2) is 6.59. The summed E-state index contributed by atoms with van der Waals surface area (Å²) in [5.41, 5.74) is -0.187. The van der Waals surface area contributed by atoms with E-state index < -0.39 is 5.60 Å². The van der Waals surface area contributed by atoms with Gasteiger partial charge in [0.2, 0.25) is 0 Å². The summed E-state index contributed by atoms with van der Waals surface area (Å²) >= 11 is 0. The number of hydrogen-bond acceptors (Lipinski definition) is 3. The number of likely N-dealkylation sites (N-methyl/N-ethyl adjacent to an activating group) is 1. The zero-order valence-corrected chi connectivity index (χ0v) is 13.7. The second-order valence-corrected chi connectivity index (χ2v) is 6.30. The molecule has 0 heterocycles. The standard InChI is InChI=1S/C17H29NO2/c1-7-18(8-2)13-17(19,16(3,4)5)14-9-11-15(20-6)12-10-14/h9-12,19H,7-8,13H2,1-6H3. The highest BCUT2D eigenvalue weighted by atomic mass is 16.5. The summed E-state index contributed by atoms with van der Waals surface area (Å²) in [4.78, 5) is 2.26. The van der Waals surface area contributed by atoms with Crippen LogP contribution >= 0.6 is 0 Å². The number of ether oxygens (including phenoxy) is 1. The van der Waals surface area contributed by atoms with E-state index in [0.29, 0.717) is 6.54 Å². The molecule has 1 N–H and O–H groups in total. The molecule has 114 valence electrons. The van der Waals surface area contributed by atoms with Crippen molar-refractivity contribution < 1.29 is 9.84 Å². The van der Waals surface area contributed by atoms with Crippen molar-refractivity contribution in [2.24, 2.45) is 5.41 Å². The van der Waals surface area contributed by atoms with E-state index in [9.17, 15) is 5.11 Å². The molecule has 0 aliphatic carbocycles. The van der Waals surface area contributed by atoms with Gasteiger partial charge in [-0.1, -0.05) is 46.8 Å². The van der Waals surface area contributed by atoms with Gasteiger partial charge >= 0.3 is 0 Å². The topological polar surface area (TPSA) is 32.7 Å². The van der Waals surface area contributed by atoms with Crippen LogP contribution < -0.4 is 4.74 Å². The summed E-state index contributed by atoms with van der Waals surface area (Å²) in [5.74, 6) is 0.813. The molecule has 0 amide bonds. The first-order chi connectivity index (χ1) is 9.28. The Hall–Kier alpha value is -1.06. The number of nitrogens with zero attached hydrogens (tertiary/aromatic N) is 1. The summed E-state index contributed by atoms with van der Waals surface area (Å²) in [7, 11) is 1.65. The van der Waals surface area contributed by atoms with Crippen molar-refractivity contribution in [2.45, 2.75) is 40.2 Å². The largest absolute Gasteiger partial charge is 0.497 e. The van der Waals surface area contributed by atoms with Gasteiger partial charge in [0.1, 0.15) is 11.4 Å². The van der Waals surface area contributed by atoms with E-state index in [1.807, 2.05) is 24.3 Å². The fraction of sp³-hybridized carbons (Fsp3) is 0.647. The first-order valence-electron chi connectivity index (χ1n) is 7.37. The highest BCUT2D eigenvalue weighted by Crippen LogP contribution is 2.40. The Bertz CT molecular complexity index is 404. The van der Waals surface area contributed by atoms with Crippen LogP contribution in [0.3, 0.4) is 0 Å². The van der Waals surface area contributed by atoms with Gasteiger partial charge in [0.05, 0.1) is 7.11 Å². The van der Waals surface area contributed by atoms with Crippen LogP contribution in [0.15, 0.2) is 24.3 Å². The van der Waals surface area contributed by atoms with Gasteiger partial charge in [-0.3, -0.25) is 0 Å². The van der Waals surface area contributed by atoms with E-state index in [4.69, 9.17) is 4.74 Å². The Kier molecular flexibility index (Phi) is 5.60. The molecule has 0 aliphatic heterocycles. The Labute approximate surface area is 123 Å².